The minimum Gasteiger partial charge on any atom is -0.372 e. The molecule has 12 aliphatic carbocycles. The molecule has 7 heteroatoms. The van der Waals surface area contributed by atoms with Gasteiger partial charge in [0.15, 0.2) is 0 Å². The van der Waals surface area contributed by atoms with Crippen molar-refractivity contribution >= 4 is 36.8 Å². The highest BCUT2D eigenvalue weighted by Crippen LogP contribution is 2.69. The van der Waals surface area contributed by atoms with Crippen molar-refractivity contribution in [3.05, 3.63) is 0 Å². The summed E-state index contributed by atoms with van der Waals surface area (Å²) in [6.45, 7) is 14.7. The van der Waals surface area contributed by atoms with Crippen molar-refractivity contribution in [2.45, 2.75) is 180 Å². The first-order valence-electron chi connectivity index (χ1n) is 18.0. The molecule has 2 amide bonds. The summed E-state index contributed by atoms with van der Waals surface area (Å²) in [5.41, 5.74) is 14.4. The van der Waals surface area contributed by atoms with Crippen molar-refractivity contribution in [2.75, 3.05) is 0 Å². The number of amides is 2. The second-order valence-corrected chi connectivity index (χ2v) is 21.9. The summed E-state index contributed by atoms with van der Waals surface area (Å²) >= 11 is 6.71. The van der Waals surface area contributed by atoms with Crippen molar-refractivity contribution in [1.29, 1.82) is 0 Å². The molecule has 0 aromatic heterocycles. The van der Waals surface area contributed by atoms with Gasteiger partial charge in [0.25, 0.3) is 0 Å². The van der Waals surface area contributed by atoms with Crippen molar-refractivity contribution < 1.29 is 9.59 Å². The van der Waals surface area contributed by atoms with Gasteiger partial charge in [0.05, 0.1) is 0 Å². The zero-order valence-corrected chi connectivity index (χ0v) is 30.9. The van der Waals surface area contributed by atoms with Crippen molar-refractivity contribution in [3.63, 3.8) is 0 Å². The highest BCUT2D eigenvalue weighted by Gasteiger charge is 2.61. The lowest BCUT2D eigenvalue weighted by molar-refractivity contribution is -0.131. The molecule has 0 heterocycles. The van der Waals surface area contributed by atoms with Crippen LogP contribution in [0, 0.1) is 50.2 Å². The van der Waals surface area contributed by atoms with Gasteiger partial charge in [0.1, 0.15) is 0 Å². The van der Waals surface area contributed by atoms with Crippen LogP contribution in [0.3, 0.4) is 0 Å². The van der Waals surface area contributed by atoms with E-state index in [0.717, 1.165) is 24.2 Å². The summed E-state index contributed by atoms with van der Waals surface area (Å²) in [7, 11) is 0. The van der Waals surface area contributed by atoms with E-state index < -0.39 is 0 Å². The number of carbonyl (C=O) groups excluding carboxylic acids is 2. The number of carbonyl (C=O) groups is 2. The van der Waals surface area contributed by atoms with Crippen molar-refractivity contribution in [1.82, 2.24) is 5.32 Å². The SMILES string of the molecule is C.CC12CC3CC(C)(C1)CC(Cl)(C3)C2.CC12CC3CC(C)(C1)CC(N)(C3)C2.CC12CC3CC(C)(C1)CC(NC=O)(C3)C2.Cl.NC=O. The average molecular weight is 683 g/mol. The molecule has 0 spiro atoms. The Morgan fingerprint density at radius 3 is 1.17 bits per heavy atom. The second kappa shape index (κ2) is 12.1. The fourth-order valence-corrected chi connectivity index (χ4v) is 17.4. The highest BCUT2D eigenvalue weighted by atomic mass is 35.5. The van der Waals surface area contributed by atoms with E-state index in [1.165, 1.54) is 116 Å². The smallest absolute Gasteiger partial charge is 0.207 e. The van der Waals surface area contributed by atoms with Gasteiger partial charge >= 0.3 is 0 Å². The summed E-state index contributed by atoms with van der Waals surface area (Å²) in [5.74, 6) is 2.77. The summed E-state index contributed by atoms with van der Waals surface area (Å²) in [5, 5.41) is 3.16. The van der Waals surface area contributed by atoms with Crippen LogP contribution in [0.25, 0.3) is 0 Å². The van der Waals surface area contributed by atoms with Crippen LogP contribution < -0.4 is 16.8 Å². The van der Waals surface area contributed by atoms with E-state index in [9.17, 15) is 4.79 Å². The Morgan fingerprint density at radius 1 is 0.565 bits per heavy atom. The van der Waals surface area contributed by atoms with Gasteiger partial charge in [-0.15, -0.1) is 24.0 Å². The molecular weight excluding hydrogens is 613 g/mol. The summed E-state index contributed by atoms with van der Waals surface area (Å²) in [6, 6.07) is 0. The quantitative estimate of drug-likeness (QED) is 0.200. The van der Waals surface area contributed by atoms with Crippen LogP contribution in [0.2, 0.25) is 0 Å². The Bertz CT molecular complexity index is 986. The number of hydrogen-bond acceptors (Lipinski definition) is 3. The third kappa shape index (κ3) is 7.47. The maximum atomic E-state index is 10.8. The maximum absolute atomic E-state index is 10.8. The fraction of sp³-hybridized carbons (Fsp3) is 0.949. The molecule has 0 aromatic carbocycles. The molecule has 6 atom stereocenters. The molecule has 12 rings (SSSR count). The minimum atomic E-state index is 0. The number of nitrogens with two attached hydrogens (primary N) is 2. The average Bonchev–Trinajstić information content (AvgIpc) is 2.71. The molecule has 12 saturated carbocycles. The Morgan fingerprint density at radius 2 is 0.891 bits per heavy atom. The highest BCUT2D eigenvalue weighted by molar-refractivity contribution is 6.24. The molecule has 46 heavy (non-hydrogen) atoms. The number of primary amides is 1. The molecule has 0 aromatic rings. The number of alkyl halides is 1. The largest absolute Gasteiger partial charge is 0.372 e. The Kier molecular flexibility index (Phi) is 10.0. The molecule has 6 unspecified atom stereocenters. The number of nitrogens with one attached hydrogen (secondary N) is 1. The monoisotopic (exact) mass is 681 g/mol. The summed E-state index contributed by atoms with van der Waals surface area (Å²) in [4.78, 5) is 19.6. The maximum Gasteiger partial charge on any atom is 0.207 e. The lowest BCUT2D eigenvalue weighted by Crippen LogP contribution is -2.63. The number of hydrogen-bond donors (Lipinski definition) is 3. The molecule has 12 aliphatic rings. The van der Waals surface area contributed by atoms with E-state index in [0.29, 0.717) is 32.5 Å². The Hall–Kier alpha value is -0.520. The topological polar surface area (TPSA) is 98.2 Å². The lowest BCUT2D eigenvalue weighted by atomic mass is 9.43. The Balaban J connectivity index is 0.000000147. The number of rotatable bonds is 2. The van der Waals surface area contributed by atoms with Gasteiger partial charge in [0.2, 0.25) is 12.8 Å². The Labute approximate surface area is 293 Å². The first kappa shape index (κ1) is 38.3. The predicted molar refractivity (Wildman–Crippen MR) is 194 cm³/mol. The van der Waals surface area contributed by atoms with Gasteiger partial charge < -0.3 is 16.8 Å². The normalized spacial score (nSPS) is 55.2. The van der Waals surface area contributed by atoms with Gasteiger partial charge in [-0.3, -0.25) is 9.59 Å². The van der Waals surface area contributed by atoms with E-state index in [1.54, 1.807) is 0 Å². The van der Waals surface area contributed by atoms with Crippen LogP contribution >= 0.6 is 24.0 Å². The lowest BCUT2D eigenvalue weighted by Gasteiger charge is -2.65. The van der Waals surface area contributed by atoms with Gasteiger partial charge in [-0.1, -0.05) is 49.0 Å². The van der Waals surface area contributed by atoms with E-state index >= 15 is 0 Å². The minimum absolute atomic E-state index is 0. The van der Waals surface area contributed by atoms with Gasteiger partial charge in [0, 0.05) is 16.0 Å². The van der Waals surface area contributed by atoms with Crippen LogP contribution in [-0.2, 0) is 9.59 Å². The molecular formula is C39H69Cl2N3O2. The van der Waals surface area contributed by atoms with Crippen LogP contribution in [0.15, 0.2) is 0 Å². The van der Waals surface area contributed by atoms with Crippen LogP contribution in [0.5, 0.6) is 0 Å². The molecule has 0 radical (unpaired) electrons. The predicted octanol–water partition coefficient (Wildman–Crippen LogP) is 9.31. The van der Waals surface area contributed by atoms with E-state index in [1.807, 2.05) is 0 Å². The molecule has 0 aliphatic heterocycles. The van der Waals surface area contributed by atoms with E-state index in [2.05, 4.69) is 52.6 Å². The van der Waals surface area contributed by atoms with Crippen LogP contribution in [-0.4, -0.2) is 28.8 Å². The molecule has 5 nitrogen and oxygen atoms in total. The molecule has 12 fully saturated rings. The third-order valence-electron chi connectivity index (χ3n) is 14.2. The zero-order valence-electron chi connectivity index (χ0n) is 29.4. The molecule has 0 saturated heterocycles. The summed E-state index contributed by atoms with van der Waals surface area (Å²) < 4.78 is 0. The summed E-state index contributed by atoms with van der Waals surface area (Å²) in [6.07, 6.45) is 25.5. The van der Waals surface area contributed by atoms with Crippen LogP contribution in [0.1, 0.15) is 165 Å². The number of halogens is 2. The molecule has 12 bridgehead atoms. The standard InChI is InChI=1S/C13H21NO.C12H19Cl.C12H21N.CH3NO.CH4.ClH/c1-11-3-10-4-12(2,6-11)8-13(5-10,7-11)14-9-15;2*1-10-3-9-4-11(2,6-10)8-12(13,5-9)7-10;2-1-3;;/h9-10H,3-8H2,1-2H3,(H,14,15);9H,3-8H2,1-2H3;9H,3-8,13H2,1-2H3;1H,(H2,2,3);1H4;1H. The zero-order chi connectivity index (χ0) is 32.1. The first-order valence-corrected chi connectivity index (χ1v) is 18.4. The van der Waals surface area contributed by atoms with E-state index in [-0.39, 0.29) is 42.2 Å². The first-order chi connectivity index (χ1) is 20.2. The second-order valence-electron chi connectivity index (χ2n) is 21.1. The van der Waals surface area contributed by atoms with Gasteiger partial charge in [-0.25, -0.2) is 0 Å². The van der Waals surface area contributed by atoms with Crippen molar-refractivity contribution in [3.8, 4) is 0 Å². The van der Waals surface area contributed by atoms with Gasteiger partial charge in [-0.2, -0.15) is 0 Å². The van der Waals surface area contributed by atoms with Gasteiger partial charge in [-0.05, 0) is 166 Å². The third-order valence-corrected chi connectivity index (χ3v) is 14.6. The van der Waals surface area contributed by atoms with Crippen molar-refractivity contribution in [2.24, 2.45) is 61.7 Å². The molecule has 5 N–H and O–H groups in total. The fourth-order valence-electron chi connectivity index (χ4n) is 16.6. The van der Waals surface area contributed by atoms with Crippen LogP contribution in [0.4, 0.5) is 0 Å². The van der Waals surface area contributed by atoms with E-state index in [4.69, 9.17) is 22.1 Å². The molecule has 266 valence electrons.